The summed E-state index contributed by atoms with van der Waals surface area (Å²) in [6.45, 7) is 3.96. The van der Waals surface area contributed by atoms with Crippen molar-refractivity contribution in [2.24, 2.45) is 0 Å². The van der Waals surface area contributed by atoms with E-state index in [1.807, 2.05) is 19.1 Å². The Labute approximate surface area is 101 Å². The summed E-state index contributed by atoms with van der Waals surface area (Å²) in [6.07, 6.45) is 1.38. The van der Waals surface area contributed by atoms with E-state index >= 15 is 0 Å². The molecule has 0 fully saturated rings. The van der Waals surface area contributed by atoms with Crippen molar-refractivity contribution in [3.05, 3.63) is 34.9 Å². The highest BCUT2D eigenvalue weighted by atomic mass is 16.1. The van der Waals surface area contributed by atoms with Crippen LogP contribution in [0.25, 0.3) is 0 Å². The lowest BCUT2D eigenvalue weighted by Gasteiger charge is -1.98. The Hall–Kier alpha value is -2.08. The smallest absolute Gasteiger partial charge is 0.216 e. The average molecular weight is 229 g/mol. The monoisotopic (exact) mass is 229 g/mol. The van der Waals surface area contributed by atoms with Crippen LogP contribution in [0.4, 0.5) is 0 Å². The second-order valence-electron chi connectivity index (χ2n) is 3.74. The first-order valence-corrected chi connectivity index (χ1v) is 5.42. The van der Waals surface area contributed by atoms with Gasteiger partial charge in [0.15, 0.2) is 6.29 Å². The number of nitrogens with one attached hydrogen (secondary N) is 1. The molecule has 1 amide bonds. The standard InChI is InChI=1S/C14H15NO2/c1-11-6-7-14(10-16)13(9-11)5-3-4-8-15-12(2)17/h6-7,9-10H,4,8H2,1-2H3,(H,15,17). The van der Waals surface area contributed by atoms with Crippen molar-refractivity contribution in [3.63, 3.8) is 0 Å². The van der Waals surface area contributed by atoms with E-state index in [2.05, 4.69) is 17.2 Å². The van der Waals surface area contributed by atoms with Gasteiger partial charge in [0.1, 0.15) is 0 Å². The van der Waals surface area contributed by atoms with Gasteiger partial charge in [-0.15, -0.1) is 0 Å². The quantitative estimate of drug-likeness (QED) is 0.487. The van der Waals surface area contributed by atoms with Gasteiger partial charge in [-0.25, -0.2) is 0 Å². The van der Waals surface area contributed by atoms with Crippen molar-refractivity contribution in [2.75, 3.05) is 6.54 Å². The summed E-state index contributed by atoms with van der Waals surface area (Å²) in [4.78, 5) is 21.4. The zero-order valence-corrected chi connectivity index (χ0v) is 10.0. The summed E-state index contributed by atoms with van der Waals surface area (Å²) in [6, 6.07) is 5.53. The van der Waals surface area contributed by atoms with Crippen LogP contribution in [-0.2, 0) is 4.79 Å². The van der Waals surface area contributed by atoms with E-state index in [0.717, 1.165) is 17.4 Å². The maximum atomic E-state index is 10.8. The molecule has 1 aromatic carbocycles. The predicted octanol–water partition coefficient (Wildman–Crippen LogP) is 1.69. The summed E-state index contributed by atoms with van der Waals surface area (Å²) in [5.41, 5.74) is 2.41. The van der Waals surface area contributed by atoms with Crippen LogP contribution in [-0.4, -0.2) is 18.7 Å². The highest BCUT2D eigenvalue weighted by Gasteiger charge is 1.97. The second-order valence-corrected chi connectivity index (χ2v) is 3.74. The Morgan fingerprint density at radius 2 is 2.24 bits per heavy atom. The van der Waals surface area contributed by atoms with Gasteiger partial charge in [0.05, 0.1) is 0 Å². The number of aryl methyl sites for hydroxylation is 1. The van der Waals surface area contributed by atoms with Crippen molar-refractivity contribution < 1.29 is 9.59 Å². The molecule has 0 aliphatic heterocycles. The maximum Gasteiger partial charge on any atom is 0.216 e. The second kappa shape index (κ2) is 6.49. The van der Waals surface area contributed by atoms with Crippen molar-refractivity contribution in [2.45, 2.75) is 20.3 Å². The number of carbonyl (C=O) groups is 2. The first-order valence-electron chi connectivity index (χ1n) is 5.42. The average Bonchev–Trinajstić information content (AvgIpc) is 2.28. The molecule has 1 N–H and O–H groups in total. The third-order valence-electron chi connectivity index (χ3n) is 2.18. The first-order chi connectivity index (χ1) is 8.13. The van der Waals surface area contributed by atoms with Crippen LogP contribution in [0.3, 0.4) is 0 Å². The maximum absolute atomic E-state index is 10.8. The minimum absolute atomic E-state index is 0.0593. The summed E-state index contributed by atoms with van der Waals surface area (Å²) in [5.74, 6) is 5.82. The third kappa shape index (κ3) is 4.52. The van der Waals surface area contributed by atoms with E-state index in [0.29, 0.717) is 18.5 Å². The molecule has 0 radical (unpaired) electrons. The summed E-state index contributed by atoms with van der Waals surface area (Å²) in [7, 11) is 0. The Morgan fingerprint density at radius 1 is 1.47 bits per heavy atom. The minimum Gasteiger partial charge on any atom is -0.355 e. The van der Waals surface area contributed by atoms with Crippen LogP contribution in [0.15, 0.2) is 18.2 Å². The molecule has 0 spiro atoms. The van der Waals surface area contributed by atoms with E-state index in [1.165, 1.54) is 6.92 Å². The molecule has 0 aliphatic rings. The van der Waals surface area contributed by atoms with Gasteiger partial charge in [0.25, 0.3) is 0 Å². The SMILES string of the molecule is CC(=O)NCCC#Cc1cc(C)ccc1C=O. The highest BCUT2D eigenvalue weighted by molar-refractivity contribution is 5.79. The fourth-order valence-electron chi connectivity index (χ4n) is 1.34. The summed E-state index contributed by atoms with van der Waals surface area (Å²) in [5, 5.41) is 2.66. The molecule has 1 rings (SSSR count). The molecule has 0 saturated carbocycles. The van der Waals surface area contributed by atoms with Gasteiger partial charge >= 0.3 is 0 Å². The molecule has 0 saturated heterocycles. The lowest BCUT2D eigenvalue weighted by atomic mass is 10.1. The summed E-state index contributed by atoms with van der Waals surface area (Å²) >= 11 is 0. The van der Waals surface area contributed by atoms with Gasteiger partial charge in [-0.05, 0) is 18.6 Å². The molecular weight excluding hydrogens is 214 g/mol. The summed E-state index contributed by atoms with van der Waals surface area (Å²) < 4.78 is 0. The van der Waals surface area contributed by atoms with Crippen molar-refractivity contribution in [3.8, 4) is 11.8 Å². The molecule has 3 heteroatoms. The number of benzene rings is 1. The van der Waals surface area contributed by atoms with Gasteiger partial charge in [0, 0.05) is 31.0 Å². The third-order valence-corrected chi connectivity index (χ3v) is 2.18. The van der Waals surface area contributed by atoms with Crippen LogP contribution in [0.1, 0.15) is 34.8 Å². The molecule has 0 bridgehead atoms. The molecule has 0 aromatic heterocycles. The molecular formula is C14H15NO2. The Kier molecular flexibility index (Phi) is 4.96. The van der Waals surface area contributed by atoms with Crippen LogP contribution < -0.4 is 5.32 Å². The number of aldehydes is 1. The number of rotatable bonds is 3. The highest BCUT2D eigenvalue weighted by Crippen LogP contribution is 2.08. The molecule has 0 unspecified atom stereocenters. The van der Waals surface area contributed by atoms with Gasteiger partial charge in [0.2, 0.25) is 5.91 Å². The van der Waals surface area contributed by atoms with E-state index < -0.39 is 0 Å². The van der Waals surface area contributed by atoms with Gasteiger partial charge in [-0.1, -0.05) is 24.0 Å². The molecule has 0 aliphatic carbocycles. The van der Waals surface area contributed by atoms with E-state index in [1.54, 1.807) is 6.07 Å². The number of hydrogen-bond donors (Lipinski definition) is 1. The minimum atomic E-state index is -0.0593. The van der Waals surface area contributed by atoms with Crippen molar-refractivity contribution in [1.29, 1.82) is 0 Å². The number of amides is 1. The fourth-order valence-corrected chi connectivity index (χ4v) is 1.34. The van der Waals surface area contributed by atoms with Gasteiger partial charge in [-0.2, -0.15) is 0 Å². The Morgan fingerprint density at radius 3 is 2.88 bits per heavy atom. The lowest BCUT2D eigenvalue weighted by molar-refractivity contribution is -0.118. The van der Waals surface area contributed by atoms with Crippen LogP contribution in [0, 0.1) is 18.8 Å². The van der Waals surface area contributed by atoms with Crippen molar-refractivity contribution in [1.82, 2.24) is 5.32 Å². The molecule has 17 heavy (non-hydrogen) atoms. The van der Waals surface area contributed by atoms with E-state index in [4.69, 9.17) is 0 Å². The largest absolute Gasteiger partial charge is 0.355 e. The van der Waals surface area contributed by atoms with E-state index in [-0.39, 0.29) is 5.91 Å². The van der Waals surface area contributed by atoms with E-state index in [9.17, 15) is 9.59 Å². The van der Waals surface area contributed by atoms with Gasteiger partial charge < -0.3 is 5.32 Å². The van der Waals surface area contributed by atoms with Crippen LogP contribution >= 0.6 is 0 Å². The van der Waals surface area contributed by atoms with Gasteiger partial charge in [-0.3, -0.25) is 9.59 Å². The Balaban J connectivity index is 2.67. The molecule has 1 aromatic rings. The number of hydrogen-bond acceptors (Lipinski definition) is 2. The predicted molar refractivity (Wildman–Crippen MR) is 66.7 cm³/mol. The Bertz CT molecular complexity index is 481. The molecule has 0 heterocycles. The van der Waals surface area contributed by atoms with Crippen LogP contribution in [0.2, 0.25) is 0 Å². The fraction of sp³-hybridized carbons (Fsp3) is 0.286. The zero-order chi connectivity index (χ0) is 12.7. The van der Waals surface area contributed by atoms with Crippen molar-refractivity contribution >= 4 is 12.2 Å². The molecule has 3 nitrogen and oxygen atoms in total. The topological polar surface area (TPSA) is 46.2 Å². The number of carbonyl (C=O) groups excluding carboxylic acids is 2. The van der Waals surface area contributed by atoms with Crippen LogP contribution in [0.5, 0.6) is 0 Å². The normalized spacial score (nSPS) is 9.06. The molecule has 88 valence electrons. The first kappa shape index (κ1) is 13.0. The lowest BCUT2D eigenvalue weighted by Crippen LogP contribution is -2.20. The molecule has 0 atom stereocenters. The zero-order valence-electron chi connectivity index (χ0n) is 10.0.